The number of hydrogen-bond donors (Lipinski definition) is 1. The van der Waals surface area contributed by atoms with Crippen LogP contribution in [0.15, 0.2) is 36.8 Å². The van der Waals surface area contributed by atoms with Crippen molar-refractivity contribution in [1.29, 1.82) is 0 Å². The van der Waals surface area contributed by atoms with E-state index in [4.69, 9.17) is 4.74 Å². The minimum absolute atomic E-state index is 0.0188. The van der Waals surface area contributed by atoms with E-state index in [1.807, 2.05) is 44.3 Å². The third-order valence-electron chi connectivity index (χ3n) is 4.49. The van der Waals surface area contributed by atoms with E-state index in [0.717, 1.165) is 30.0 Å². The molecule has 1 aromatic heterocycles. The van der Waals surface area contributed by atoms with Crippen molar-refractivity contribution in [3.63, 3.8) is 0 Å². The molecular weight excluding hydrogens is 316 g/mol. The molecular formula is C19H24N4O2. The van der Waals surface area contributed by atoms with Gasteiger partial charge in [-0.3, -0.25) is 9.69 Å². The fraction of sp³-hybridized carbons (Fsp3) is 0.421. The van der Waals surface area contributed by atoms with Crippen molar-refractivity contribution in [2.45, 2.75) is 32.9 Å². The van der Waals surface area contributed by atoms with Crippen LogP contribution in [0.4, 0.5) is 0 Å². The molecule has 0 fully saturated rings. The largest absolute Gasteiger partial charge is 0.492 e. The smallest absolute Gasteiger partial charge is 0.237 e. The monoisotopic (exact) mass is 340 g/mol. The lowest BCUT2D eigenvalue weighted by atomic mass is 10.1. The zero-order valence-electron chi connectivity index (χ0n) is 14.7. The Labute approximate surface area is 148 Å². The minimum Gasteiger partial charge on any atom is -0.492 e. The molecule has 1 atom stereocenters. The van der Waals surface area contributed by atoms with Gasteiger partial charge in [0.15, 0.2) is 0 Å². The van der Waals surface area contributed by atoms with Crippen LogP contribution in [0, 0.1) is 6.92 Å². The van der Waals surface area contributed by atoms with Gasteiger partial charge in [-0.1, -0.05) is 12.1 Å². The van der Waals surface area contributed by atoms with Gasteiger partial charge in [0.25, 0.3) is 0 Å². The van der Waals surface area contributed by atoms with Crippen molar-refractivity contribution in [3.8, 4) is 5.75 Å². The van der Waals surface area contributed by atoms with E-state index < -0.39 is 0 Å². The molecule has 1 aliphatic rings. The van der Waals surface area contributed by atoms with Crippen molar-refractivity contribution >= 4 is 5.91 Å². The predicted molar refractivity (Wildman–Crippen MR) is 95.3 cm³/mol. The number of carbonyl (C=O) groups is 1. The number of fused-ring (bicyclic) bond motifs is 1. The molecule has 0 spiro atoms. The Hall–Kier alpha value is -2.47. The van der Waals surface area contributed by atoms with Crippen LogP contribution in [-0.2, 0) is 17.8 Å². The maximum atomic E-state index is 12.4. The Kier molecular flexibility index (Phi) is 5.60. The van der Waals surface area contributed by atoms with E-state index in [-0.39, 0.29) is 11.9 Å². The number of ether oxygens (including phenoxy) is 1. The molecule has 6 heteroatoms. The maximum absolute atomic E-state index is 12.4. The van der Waals surface area contributed by atoms with Gasteiger partial charge in [0.2, 0.25) is 5.91 Å². The van der Waals surface area contributed by atoms with E-state index in [1.165, 1.54) is 5.56 Å². The molecule has 2 aromatic rings. The quantitative estimate of drug-likeness (QED) is 0.811. The fourth-order valence-corrected chi connectivity index (χ4v) is 2.96. The van der Waals surface area contributed by atoms with Gasteiger partial charge >= 0.3 is 0 Å². The van der Waals surface area contributed by atoms with Crippen molar-refractivity contribution < 1.29 is 9.53 Å². The topological polar surface area (TPSA) is 67.3 Å². The second kappa shape index (κ2) is 8.07. The molecule has 132 valence electrons. The van der Waals surface area contributed by atoms with Gasteiger partial charge in [-0.15, -0.1) is 0 Å². The fourth-order valence-electron chi connectivity index (χ4n) is 2.96. The Bertz CT molecular complexity index is 735. The summed E-state index contributed by atoms with van der Waals surface area (Å²) >= 11 is 0. The summed E-state index contributed by atoms with van der Waals surface area (Å²) in [5.74, 6) is 0.847. The molecule has 1 unspecified atom stereocenters. The van der Waals surface area contributed by atoms with Crippen LogP contribution >= 0.6 is 0 Å². The first-order valence-electron chi connectivity index (χ1n) is 8.62. The van der Waals surface area contributed by atoms with E-state index in [9.17, 15) is 4.79 Å². The Morgan fingerprint density at radius 2 is 2.32 bits per heavy atom. The number of amides is 1. The number of hydrogen-bond acceptors (Lipinski definition) is 5. The summed E-state index contributed by atoms with van der Waals surface area (Å²) in [6.07, 6.45) is 4.31. The molecule has 0 saturated heterocycles. The molecule has 2 heterocycles. The molecule has 0 radical (unpaired) electrons. The zero-order chi connectivity index (χ0) is 17.6. The molecule has 1 aromatic carbocycles. The number of nitrogens with one attached hydrogen (secondary N) is 1. The summed E-state index contributed by atoms with van der Waals surface area (Å²) in [6.45, 7) is 6.43. The summed E-state index contributed by atoms with van der Waals surface area (Å²) in [7, 11) is 0. The molecule has 0 bridgehead atoms. The number of nitrogens with zero attached hydrogens (tertiary/aromatic N) is 3. The summed E-state index contributed by atoms with van der Waals surface area (Å²) in [6, 6.07) is 7.70. The molecule has 0 aliphatic carbocycles. The van der Waals surface area contributed by atoms with Crippen LogP contribution in [-0.4, -0.2) is 46.5 Å². The van der Waals surface area contributed by atoms with Gasteiger partial charge in [-0.25, -0.2) is 9.97 Å². The standard InChI is InChI=1S/C19H24N4O2/c1-14-4-3-5-17(10-14)25-9-7-21-19(24)15(2)23-8-6-16-11-20-13-22-18(16)12-23/h3-5,10-11,13,15H,6-9,12H2,1-2H3,(H,21,24). The normalized spacial score (nSPS) is 15.3. The van der Waals surface area contributed by atoms with Gasteiger partial charge in [0.1, 0.15) is 18.7 Å². The molecule has 6 nitrogen and oxygen atoms in total. The van der Waals surface area contributed by atoms with Crippen LogP contribution in [0.1, 0.15) is 23.7 Å². The highest BCUT2D eigenvalue weighted by Gasteiger charge is 2.25. The molecule has 1 N–H and O–H groups in total. The molecule has 25 heavy (non-hydrogen) atoms. The van der Waals surface area contributed by atoms with E-state index in [0.29, 0.717) is 19.7 Å². The van der Waals surface area contributed by atoms with E-state index in [2.05, 4.69) is 20.2 Å². The van der Waals surface area contributed by atoms with Crippen molar-refractivity contribution in [2.75, 3.05) is 19.7 Å². The highest BCUT2D eigenvalue weighted by molar-refractivity contribution is 5.81. The Morgan fingerprint density at radius 1 is 1.44 bits per heavy atom. The van der Waals surface area contributed by atoms with Crippen molar-refractivity contribution in [2.24, 2.45) is 0 Å². The van der Waals surface area contributed by atoms with Crippen LogP contribution in [0.2, 0.25) is 0 Å². The summed E-state index contributed by atoms with van der Waals surface area (Å²) in [4.78, 5) is 22.9. The van der Waals surface area contributed by atoms with Crippen LogP contribution in [0.3, 0.4) is 0 Å². The summed E-state index contributed by atoms with van der Waals surface area (Å²) in [5.41, 5.74) is 3.35. The molecule has 0 saturated carbocycles. The van der Waals surface area contributed by atoms with Gasteiger partial charge in [-0.2, -0.15) is 0 Å². The maximum Gasteiger partial charge on any atom is 0.237 e. The number of aryl methyl sites for hydroxylation is 1. The first-order valence-corrected chi connectivity index (χ1v) is 8.62. The van der Waals surface area contributed by atoms with Gasteiger partial charge in [0, 0.05) is 19.3 Å². The Balaban J connectivity index is 1.44. The van der Waals surface area contributed by atoms with E-state index in [1.54, 1.807) is 6.33 Å². The number of benzene rings is 1. The lowest BCUT2D eigenvalue weighted by Gasteiger charge is -2.31. The molecule has 1 amide bonds. The van der Waals surface area contributed by atoms with Crippen LogP contribution in [0.5, 0.6) is 5.75 Å². The second-order valence-electron chi connectivity index (χ2n) is 6.35. The first kappa shape index (κ1) is 17.4. The third-order valence-corrected chi connectivity index (χ3v) is 4.49. The van der Waals surface area contributed by atoms with Gasteiger partial charge < -0.3 is 10.1 Å². The Morgan fingerprint density at radius 3 is 3.16 bits per heavy atom. The van der Waals surface area contributed by atoms with Crippen molar-refractivity contribution in [1.82, 2.24) is 20.2 Å². The first-order chi connectivity index (χ1) is 12.1. The number of aromatic nitrogens is 2. The minimum atomic E-state index is -0.193. The zero-order valence-corrected chi connectivity index (χ0v) is 14.7. The second-order valence-corrected chi connectivity index (χ2v) is 6.35. The predicted octanol–water partition coefficient (Wildman–Crippen LogP) is 1.73. The SMILES string of the molecule is Cc1cccc(OCCNC(=O)C(C)N2CCc3cncnc3C2)c1. The number of carbonyl (C=O) groups excluding carboxylic acids is 1. The van der Waals surface area contributed by atoms with Crippen molar-refractivity contribution in [3.05, 3.63) is 53.6 Å². The third kappa shape index (κ3) is 4.54. The van der Waals surface area contributed by atoms with E-state index >= 15 is 0 Å². The van der Waals surface area contributed by atoms with Crippen LogP contribution in [0.25, 0.3) is 0 Å². The number of rotatable bonds is 6. The molecule has 1 aliphatic heterocycles. The summed E-state index contributed by atoms with van der Waals surface area (Å²) in [5, 5.41) is 2.95. The lowest BCUT2D eigenvalue weighted by molar-refractivity contribution is -0.126. The van der Waals surface area contributed by atoms with Gasteiger partial charge in [0.05, 0.1) is 18.3 Å². The molecule has 3 rings (SSSR count). The van der Waals surface area contributed by atoms with Crippen LogP contribution < -0.4 is 10.1 Å². The lowest BCUT2D eigenvalue weighted by Crippen LogP contribution is -2.47. The highest BCUT2D eigenvalue weighted by Crippen LogP contribution is 2.17. The highest BCUT2D eigenvalue weighted by atomic mass is 16.5. The average Bonchev–Trinajstić information content (AvgIpc) is 2.64. The van der Waals surface area contributed by atoms with Gasteiger partial charge in [-0.05, 0) is 43.5 Å². The summed E-state index contributed by atoms with van der Waals surface area (Å²) < 4.78 is 5.66. The average molecular weight is 340 g/mol.